The number of fused-ring (bicyclic) bond motifs is 1. The first-order valence-corrected chi connectivity index (χ1v) is 8.62. The molecule has 3 aromatic rings. The van der Waals surface area contributed by atoms with E-state index >= 15 is 0 Å². The molecule has 1 N–H and O–H groups in total. The van der Waals surface area contributed by atoms with Gasteiger partial charge in [0, 0.05) is 22.8 Å². The molecule has 0 aliphatic heterocycles. The highest BCUT2D eigenvalue weighted by atomic mass is 79.9. The van der Waals surface area contributed by atoms with E-state index in [1.165, 1.54) is 0 Å². The zero-order valence-electron chi connectivity index (χ0n) is 12.7. The maximum atomic E-state index is 12.2. The number of carbonyl (C=O) groups is 1. The predicted octanol–water partition coefficient (Wildman–Crippen LogP) is 5.10. The fraction of sp³-hybridized carbons (Fsp3) is 0.188. The molecule has 124 valence electrons. The summed E-state index contributed by atoms with van der Waals surface area (Å²) >= 11 is 15.6. The first kappa shape index (κ1) is 17.2. The number of carbonyl (C=O) groups excluding carboxylic acids is 1. The van der Waals surface area contributed by atoms with Crippen LogP contribution >= 0.6 is 39.1 Å². The molecule has 0 atom stereocenters. The summed E-state index contributed by atoms with van der Waals surface area (Å²) in [4.78, 5) is 20.7. The summed E-state index contributed by atoms with van der Waals surface area (Å²) < 4.78 is 6.46. The van der Waals surface area contributed by atoms with Crippen LogP contribution in [0.1, 0.15) is 24.2 Å². The minimum atomic E-state index is -0.261. The van der Waals surface area contributed by atoms with Gasteiger partial charge in [-0.25, -0.2) is 9.97 Å². The van der Waals surface area contributed by atoms with Crippen molar-refractivity contribution in [3.8, 4) is 11.5 Å². The number of oxazole rings is 1. The van der Waals surface area contributed by atoms with Gasteiger partial charge in [-0.2, -0.15) is 0 Å². The van der Waals surface area contributed by atoms with Crippen molar-refractivity contribution in [3.05, 3.63) is 44.6 Å². The van der Waals surface area contributed by atoms with Gasteiger partial charge < -0.3 is 9.73 Å². The van der Waals surface area contributed by atoms with Crippen LogP contribution in [0.15, 0.2) is 33.3 Å². The Morgan fingerprint density at radius 2 is 2.04 bits per heavy atom. The molecule has 1 aromatic carbocycles. The minimum absolute atomic E-state index is 0.00341. The summed E-state index contributed by atoms with van der Waals surface area (Å²) in [7, 11) is 0. The minimum Gasteiger partial charge on any atom is -0.436 e. The third-order valence-corrected chi connectivity index (χ3v) is 4.23. The van der Waals surface area contributed by atoms with E-state index in [4.69, 9.17) is 27.6 Å². The highest BCUT2D eigenvalue weighted by molar-refractivity contribution is 9.10. The van der Waals surface area contributed by atoms with Gasteiger partial charge in [-0.05, 0) is 41.9 Å². The van der Waals surface area contributed by atoms with Gasteiger partial charge in [0.1, 0.15) is 10.7 Å². The standard InChI is InChI=1S/C16H12BrCl2N3O2/c1-7(2)21-15(23)9-4-12-13(5-11(9)18)24-16(22-12)10-3-8(17)6-20-14(10)19/h3-7H,1-2H3,(H,21,23). The molecule has 0 saturated heterocycles. The Morgan fingerprint density at radius 1 is 1.29 bits per heavy atom. The second-order valence-corrected chi connectivity index (χ2v) is 7.12. The second-order valence-electron chi connectivity index (χ2n) is 5.44. The lowest BCUT2D eigenvalue weighted by atomic mass is 10.2. The number of hydrogen-bond acceptors (Lipinski definition) is 4. The Labute approximate surface area is 156 Å². The van der Waals surface area contributed by atoms with E-state index in [2.05, 4.69) is 31.2 Å². The van der Waals surface area contributed by atoms with E-state index in [9.17, 15) is 4.79 Å². The van der Waals surface area contributed by atoms with E-state index in [1.54, 1.807) is 24.4 Å². The zero-order valence-corrected chi connectivity index (χ0v) is 15.8. The van der Waals surface area contributed by atoms with Crippen molar-refractivity contribution >= 4 is 56.1 Å². The number of hydrogen-bond donors (Lipinski definition) is 1. The smallest absolute Gasteiger partial charge is 0.253 e. The van der Waals surface area contributed by atoms with Crippen LogP contribution in [0.4, 0.5) is 0 Å². The summed E-state index contributed by atoms with van der Waals surface area (Å²) in [6.07, 6.45) is 1.58. The van der Waals surface area contributed by atoms with Crippen molar-refractivity contribution in [2.24, 2.45) is 0 Å². The maximum Gasteiger partial charge on any atom is 0.253 e. The third-order valence-electron chi connectivity index (χ3n) is 3.18. The molecule has 24 heavy (non-hydrogen) atoms. The highest BCUT2D eigenvalue weighted by Gasteiger charge is 2.18. The monoisotopic (exact) mass is 427 g/mol. The Bertz CT molecular complexity index is 940. The number of halogens is 3. The molecule has 3 rings (SSSR count). The highest BCUT2D eigenvalue weighted by Crippen LogP contribution is 2.32. The molecule has 8 heteroatoms. The van der Waals surface area contributed by atoms with Crippen LogP contribution < -0.4 is 5.32 Å². The van der Waals surface area contributed by atoms with Gasteiger partial charge in [0.15, 0.2) is 5.58 Å². The number of nitrogens with one attached hydrogen (secondary N) is 1. The molecule has 5 nitrogen and oxygen atoms in total. The van der Waals surface area contributed by atoms with Gasteiger partial charge in [0.05, 0.1) is 16.1 Å². The fourth-order valence-corrected chi connectivity index (χ4v) is 2.91. The number of amides is 1. The second kappa shape index (κ2) is 6.70. The largest absolute Gasteiger partial charge is 0.436 e. The first-order chi connectivity index (χ1) is 11.3. The third kappa shape index (κ3) is 3.41. The van der Waals surface area contributed by atoms with Gasteiger partial charge in [0.2, 0.25) is 5.89 Å². The molecule has 2 heterocycles. The van der Waals surface area contributed by atoms with E-state index < -0.39 is 0 Å². The fourth-order valence-electron chi connectivity index (χ4n) is 2.15. The van der Waals surface area contributed by atoms with Crippen molar-refractivity contribution in [2.45, 2.75) is 19.9 Å². The SMILES string of the molecule is CC(C)NC(=O)c1cc2nc(-c3cc(Br)cnc3Cl)oc2cc1Cl. The summed E-state index contributed by atoms with van der Waals surface area (Å²) in [5.41, 5.74) is 1.87. The molecule has 0 aliphatic rings. The van der Waals surface area contributed by atoms with E-state index in [0.29, 0.717) is 33.1 Å². The molecule has 0 saturated carbocycles. The van der Waals surface area contributed by atoms with Gasteiger partial charge >= 0.3 is 0 Å². The molecule has 1 amide bonds. The molecular weight excluding hydrogens is 417 g/mol. The van der Waals surface area contributed by atoms with Gasteiger partial charge in [-0.15, -0.1) is 0 Å². The molecule has 0 bridgehead atoms. The van der Waals surface area contributed by atoms with Crippen molar-refractivity contribution in [1.29, 1.82) is 0 Å². The average molecular weight is 429 g/mol. The summed E-state index contributed by atoms with van der Waals surface area (Å²) in [5.74, 6) is 0.0462. The van der Waals surface area contributed by atoms with Crippen molar-refractivity contribution in [2.75, 3.05) is 0 Å². The summed E-state index contributed by atoms with van der Waals surface area (Å²) in [6.45, 7) is 3.75. The predicted molar refractivity (Wildman–Crippen MR) is 97.6 cm³/mol. The van der Waals surface area contributed by atoms with Crippen molar-refractivity contribution in [3.63, 3.8) is 0 Å². The average Bonchev–Trinajstić information content (AvgIpc) is 2.90. The lowest BCUT2D eigenvalue weighted by Crippen LogP contribution is -2.30. The quantitative estimate of drug-likeness (QED) is 0.589. The molecule has 0 spiro atoms. The summed E-state index contributed by atoms with van der Waals surface area (Å²) in [5, 5.41) is 3.37. The normalized spacial score (nSPS) is 11.2. The van der Waals surface area contributed by atoms with Gasteiger partial charge in [-0.3, -0.25) is 4.79 Å². The van der Waals surface area contributed by atoms with Crippen LogP contribution in [0.3, 0.4) is 0 Å². The number of nitrogens with zero attached hydrogens (tertiary/aromatic N) is 2. The summed E-state index contributed by atoms with van der Waals surface area (Å²) in [6, 6.07) is 4.93. The molecular formula is C16H12BrCl2N3O2. The first-order valence-electron chi connectivity index (χ1n) is 7.07. The van der Waals surface area contributed by atoms with E-state index in [0.717, 1.165) is 4.47 Å². The number of benzene rings is 1. The number of rotatable bonds is 3. The zero-order chi connectivity index (χ0) is 17.4. The maximum absolute atomic E-state index is 12.2. The Balaban J connectivity index is 2.09. The molecule has 0 fully saturated rings. The molecule has 0 radical (unpaired) electrons. The Kier molecular flexibility index (Phi) is 4.80. The van der Waals surface area contributed by atoms with Crippen LogP contribution in [0.25, 0.3) is 22.6 Å². The Hall–Kier alpha value is -1.63. The van der Waals surface area contributed by atoms with Crippen LogP contribution in [0.5, 0.6) is 0 Å². The lowest BCUT2D eigenvalue weighted by molar-refractivity contribution is 0.0943. The topological polar surface area (TPSA) is 68.0 Å². The Morgan fingerprint density at radius 3 is 2.75 bits per heavy atom. The van der Waals surface area contributed by atoms with Crippen LogP contribution in [0.2, 0.25) is 10.2 Å². The molecule has 2 aromatic heterocycles. The van der Waals surface area contributed by atoms with Crippen LogP contribution in [-0.2, 0) is 0 Å². The van der Waals surface area contributed by atoms with E-state index in [1.807, 2.05) is 13.8 Å². The van der Waals surface area contributed by atoms with E-state index in [-0.39, 0.29) is 17.1 Å². The number of aromatic nitrogens is 2. The van der Waals surface area contributed by atoms with Crippen molar-refractivity contribution < 1.29 is 9.21 Å². The van der Waals surface area contributed by atoms with Gasteiger partial charge in [0.25, 0.3) is 5.91 Å². The molecule has 0 aliphatic carbocycles. The number of pyridine rings is 1. The van der Waals surface area contributed by atoms with Crippen LogP contribution in [0, 0.1) is 0 Å². The van der Waals surface area contributed by atoms with Gasteiger partial charge in [-0.1, -0.05) is 23.2 Å². The lowest BCUT2D eigenvalue weighted by Gasteiger charge is -2.09. The van der Waals surface area contributed by atoms with Crippen molar-refractivity contribution in [1.82, 2.24) is 15.3 Å². The molecule has 0 unspecified atom stereocenters. The van der Waals surface area contributed by atoms with Crippen LogP contribution in [-0.4, -0.2) is 21.9 Å².